The smallest absolute Gasteiger partial charge is 0.170 e. The lowest BCUT2D eigenvalue weighted by molar-refractivity contribution is 0.363. The van der Waals surface area contributed by atoms with Gasteiger partial charge in [0, 0.05) is 24.1 Å². The van der Waals surface area contributed by atoms with Crippen LogP contribution in [0.1, 0.15) is 12.0 Å². The average molecular weight is 373 g/mol. The number of rotatable bonds is 10. The molecule has 0 aliphatic heterocycles. The number of hydrogen-bond acceptors (Lipinski definition) is 3. The van der Waals surface area contributed by atoms with Gasteiger partial charge in [0.05, 0.1) is 0 Å². The number of hydrogen-bond donors (Lipinski definition) is 2. The highest BCUT2D eigenvalue weighted by Gasteiger charge is 2.00. The summed E-state index contributed by atoms with van der Waals surface area (Å²) in [4.78, 5) is 0. The Bertz CT molecular complexity index is 662. The Balaban J connectivity index is 1.60. The van der Waals surface area contributed by atoms with Gasteiger partial charge in [-0.15, -0.1) is 0 Å². The summed E-state index contributed by atoms with van der Waals surface area (Å²) in [6.45, 7) is 5.00. The fourth-order valence-electron chi connectivity index (χ4n) is 2.13. The molecule has 0 bridgehead atoms. The zero-order chi connectivity index (χ0) is 17.7. The zero-order valence-electron chi connectivity index (χ0n) is 14.2. The van der Waals surface area contributed by atoms with E-state index in [1.165, 1.54) is 5.56 Å². The molecule has 132 valence electrons. The van der Waals surface area contributed by atoms with Crippen LogP contribution in [0.25, 0.3) is 0 Å². The minimum atomic E-state index is 0.493. The molecular formula is C20H24N2OS2. The first-order valence-corrected chi connectivity index (χ1v) is 9.84. The number of benzene rings is 2. The highest BCUT2D eigenvalue weighted by molar-refractivity contribution is 7.98. The van der Waals surface area contributed by atoms with E-state index in [0.717, 1.165) is 35.9 Å². The zero-order valence-corrected chi connectivity index (χ0v) is 15.9. The molecule has 0 fully saturated rings. The Hall–Kier alpha value is -1.98. The fraction of sp³-hybridized carbons (Fsp3) is 0.250. The van der Waals surface area contributed by atoms with Crippen LogP contribution in [0.15, 0.2) is 67.3 Å². The van der Waals surface area contributed by atoms with E-state index < -0.39 is 0 Å². The predicted octanol–water partition coefficient (Wildman–Crippen LogP) is 4.86. The lowest BCUT2D eigenvalue weighted by atomic mass is 10.2. The highest BCUT2D eigenvalue weighted by Crippen LogP contribution is 2.17. The SMILES string of the molecule is C=CCOc1cccc(NC(=S)NCCCSCc2ccccc2)c1. The Labute approximate surface area is 159 Å². The highest BCUT2D eigenvalue weighted by atomic mass is 32.2. The standard InChI is InChI=1S/C20H24N2OS2/c1-2-13-23-19-11-6-10-18(15-19)22-20(24)21-12-7-14-25-16-17-8-4-3-5-9-17/h2-6,8-11,15H,1,7,12-14,16H2,(H2,21,22,24). The molecule has 0 atom stereocenters. The van der Waals surface area contributed by atoms with Gasteiger partial charge >= 0.3 is 0 Å². The maximum atomic E-state index is 5.51. The predicted molar refractivity (Wildman–Crippen MR) is 114 cm³/mol. The van der Waals surface area contributed by atoms with Gasteiger partial charge in [-0.3, -0.25) is 0 Å². The quantitative estimate of drug-likeness (QED) is 0.353. The Kier molecular flexibility index (Phi) is 8.94. The van der Waals surface area contributed by atoms with Crippen molar-refractivity contribution in [2.24, 2.45) is 0 Å². The Morgan fingerprint density at radius 2 is 2.00 bits per heavy atom. The first-order chi connectivity index (χ1) is 12.3. The summed E-state index contributed by atoms with van der Waals surface area (Å²) in [7, 11) is 0. The van der Waals surface area contributed by atoms with Gasteiger partial charge in [0.25, 0.3) is 0 Å². The summed E-state index contributed by atoms with van der Waals surface area (Å²) in [5.74, 6) is 2.96. The van der Waals surface area contributed by atoms with Crippen LogP contribution < -0.4 is 15.4 Å². The number of thioether (sulfide) groups is 1. The van der Waals surface area contributed by atoms with Crippen LogP contribution in [0.5, 0.6) is 5.75 Å². The van der Waals surface area contributed by atoms with Crippen LogP contribution in [0, 0.1) is 0 Å². The van der Waals surface area contributed by atoms with Crippen LogP contribution >= 0.6 is 24.0 Å². The van der Waals surface area contributed by atoms with Crippen molar-refractivity contribution in [3.8, 4) is 5.75 Å². The third-order valence-corrected chi connectivity index (χ3v) is 4.68. The molecule has 0 amide bonds. The molecule has 2 aromatic carbocycles. The van der Waals surface area contributed by atoms with Gasteiger partial charge in [-0.1, -0.05) is 49.1 Å². The van der Waals surface area contributed by atoms with E-state index in [9.17, 15) is 0 Å². The van der Waals surface area contributed by atoms with Crippen LogP contribution in [-0.2, 0) is 5.75 Å². The minimum Gasteiger partial charge on any atom is -0.489 e. The van der Waals surface area contributed by atoms with E-state index in [2.05, 4.69) is 41.5 Å². The van der Waals surface area contributed by atoms with E-state index in [4.69, 9.17) is 17.0 Å². The molecule has 0 aliphatic rings. The number of thiocarbonyl (C=S) groups is 1. The molecule has 0 radical (unpaired) electrons. The number of ether oxygens (including phenoxy) is 1. The van der Waals surface area contributed by atoms with Crippen LogP contribution in [0.4, 0.5) is 5.69 Å². The topological polar surface area (TPSA) is 33.3 Å². The molecule has 0 aromatic heterocycles. The maximum Gasteiger partial charge on any atom is 0.170 e. The third kappa shape index (κ3) is 8.09. The number of anilines is 1. The molecular weight excluding hydrogens is 348 g/mol. The summed E-state index contributed by atoms with van der Waals surface area (Å²) >= 11 is 7.28. The minimum absolute atomic E-state index is 0.493. The molecule has 2 aromatic rings. The molecule has 0 aliphatic carbocycles. The molecule has 5 heteroatoms. The molecule has 0 spiro atoms. The second-order valence-electron chi connectivity index (χ2n) is 5.40. The third-order valence-electron chi connectivity index (χ3n) is 3.32. The van der Waals surface area contributed by atoms with Crippen molar-refractivity contribution in [2.45, 2.75) is 12.2 Å². The largest absolute Gasteiger partial charge is 0.489 e. The number of nitrogens with one attached hydrogen (secondary N) is 2. The van der Waals surface area contributed by atoms with Gasteiger partial charge in [0.15, 0.2) is 5.11 Å². The second kappa shape index (κ2) is 11.6. The van der Waals surface area contributed by atoms with Gasteiger partial charge < -0.3 is 15.4 Å². The monoisotopic (exact) mass is 372 g/mol. The summed E-state index contributed by atoms with van der Waals surface area (Å²) in [6.07, 6.45) is 2.80. The Morgan fingerprint density at radius 3 is 2.80 bits per heavy atom. The van der Waals surface area contributed by atoms with Crippen molar-refractivity contribution in [3.63, 3.8) is 0 Å². The van der Waals surface area contributed by atoms with Gasteiger partial charge in [0.1, 0.15) is 12.4 Å². The summed E-state index contributed by atoms with van der Waals surface area (Å²) in [6, 6.07) is 18.3. The second-order valence-corrected chi connectivity index (χ2v) is 6.91. The van der Waals surface area contributed by atoms with Gasteiger partial charge in [-0.2, -0.15) is 11.8 Å². The van der Waals surface area contributed by atoms with Crippen molar-refractivity contribution >= 4 is 34.8 Å². The average Bonchev–Trinajstić information content (AvgIpc) is 2.64. The lowest BCUT2D eigenvalue weighted by Gasteiger charge is -2.11. The van der Waals surface area contributed by atoms with Crippen molar-refractivity contribution in [3.05, 3.63) is 72.8 Å². The molecule has 25 heavy (non-hydrogen) atoms. The van der Waals surface area contributed by atoms with E-state index >= 15 is 0 Å². The molecule has 2 N–H and O–H groups in total. The molecule has 0 saturated carbocycles. The van der Waals surface area contributed by atoms with Crippen molar-refractivity contribution < 1.29 is 4.74 Å². The summed E-state index contributed by atoms with van der Waals surface area (Å²) < 4.78 is 5.51. The van der Waals surface area contributed by atoms with Crippen LogP contribution in [0.3, 0.4) is 0 Å². The molecule has 0 saturated heterocycles. The van der Waals surface area contributed by atoms with E-state index in [-0.39, 0.29) is 0 Å². The lowest BCUT2D eigenvalue weighted by Crippen LogP contribution is -2.29. The van der Waals surface area contributed by atoms with Crippen LogP contribution in [-0.4, -0.2) is 24.0 Å². The molecule has 3 nitrogen and oxygen atoms in total. The molecule has 0 unspecified atom stereocenters. The molecule has 2 rings (SSSR count). The maximum absolute atomic E-state index is 5.51. The van der Waals surface area contributed by atoms with Gasteiger partial charge in [-0.05, 0) is 42.1 Å². The van der Waals surface area contributed by atoms with E-state index in [0.29, 0.717) is 11.7 Å². The van der Waals surface area contributed by atoms with Crippen molar-refractivity contribution in [1.29, 1.82) is 0 Å². The van der Waals surface area contributed by atoms with Crippen LogP contribution in [0.2, 0.25) is 0 Å². The normalized spacial score (nSPS) is 10.1. The summed E-state index contributed by atoms with van der Waals surface area (Å²) in [5.41, 5.74) is 2.29. The van der Waals surface area contributed by atoms with E-state index in [1.807, 2.05) is 42.1 Å². The van der Waals surface area contributed by atoms with Gasteiger partial charge in [0.2, 0.25) is 0 Å². The first kappa shape index (κ1) is 19.3. The van der Waals surface area contributed by atoms with Crippen molar-refractivity contribution in [2.75, 3.05) is 24.2 Å². The summed E-state index contributed by atoms with van der Waals surface area (Å²) in [5, 5.41) is 7.06. The molecule has 0 heterocycles. The first-order valence-electron chi connectivity index (χ1n) is 8.28. The van der Waals surface area contributed by atoms with Gasteiger partial charge in [-0.25, -0.2) is 0 Å². The van der Waals surface area contributed by atoms with Crippen molar-refractivity contribution in [1.82, 2.24) is 5.32 Å². The van der Waals surface area contributed by atoms with E-state index in [1.54, 1.807) is 6.08 Å². The fourth-order valence-corrected chi connectivity index (χ4v) is 3.28. The Morgan fingerprint density at radius 1 is 1.16 bits per heavy atom.